The van der Waals surface area contributed by atoms with Gasteiger partial charge in [0.2, 0.25) is 0 Å². The molecule has 3 heteroatoms. The molecule has 0 atom stereocenters. The molecule has 0 aliphatic heterocycles. The standard InChI is InChI=1S/C12H15FO2/c1-5-9-10(8(3)14)6-11(13)7(2)12(9)15-4/h6H,5H2,1-4H3. The lowest BCUT2D eigenvalue weighted by atomic mass is 9.97. The van der Waals surface area contributed by atoms with Gasteiger partial charge in [0, 0.05) is 16.7 Å². The Balaban J connectivity index is 3.54. The first kappa shape index (κ1) is 11.7. The average Bonchev–Trinajstić information content (AvgIpc) is 2.20. The Bertz CT molecular complexity index is 397. The first-order valence-corrected chi connectivity index (χ1v) is 4.89. The Morgan fingerprint density at radius 3 is 2.53 bits per heavy atom. The van der Waals surface area contributed by atoms with Gasteiger partial charge < -0.3 is 4.74 Å². The van der Waals surface area contributed by atoms with E-state index in [0.717, 1.165) is 5.56 Å². The Morgan fingerprint density at radius 2 is 2.13 bits per heavy atom. The molecule has 82 valence electrons. The maximum Gasteiger partial charge on any atom is 0.160 e. The van der Waals surface area contributed by atoms with Crippen LogP contribution in [0.5, 0.6) is 5.75 Å². The predicted molar refractivity (Wildman–Crippen MR) is 57.1 cm³/mol. The van der Waals surface area contributed by atoms with E-state index in [9.17, 15) is 9.18 Å². The number of rotatable bonds is 3. The molecule has 1 aromatic carbocycles. The number of hydrogen-bond donors (Lipinski definition) is 0. The van der Waals surface area contributed by atoms with Crippen LogP contribution in [0.15, 0.2) is 6.07 Å². The van der Waals surface area contributed by atoms with Crippen LogP contribution in [0.4, 0.5) is 4.39 Å². The number of Topliss-reactive ketones (excluding diaryl/α,β-unsaturated/α-hetero) is 1. The third-order valence-corrected chi connectivity index (χ3v) is 2.51. The third-order valence-electron chi connectivity index (χ3n) is 2.51. The summed E-state index contributed by atoms with van der Waals surface area (Å²) >= 11 is 0. The fourth-order valence-corrected chi connectivity index (χ4v) is 1.72. The molecule has 0 fully saturated rings. The number of carbonyl (C=O) groups excluding carboxylic acids is 1. The number of halogens is 1. The highest BCUT2D eigenvalue weighted by molar-refractivity contribution is 5.96. The quantitative estimate of drug-likeness (QED) is 0.717. The minimum absolute atomic E-state index is 0.135. The molecule has 0 aliphatic rings. The SMILES string of the molecule is CCc1c(C(C)=O)cc(F)c(C)c1OC. The van der Waals surface area contributed by atoms with E-state index in [4.69, 9.17) is 4.74 Å². The van der Waals surface area contributed by atoms with Crippen molar-refractivity contribution in [1.29, 1.82) is 0 Å². The maximum atomic E-state index is 13.5. The van der Waals surface area contributed by atoms with Crippen LogP contribution in [0.1, 0.15) is 35.3 Å². The summed E-state index contributed by atoms with van der Waals surface area (Å²) in [5.41, 5.74) is 1.65. The molecule has 2 nitrogen and oxygen atoms in total. The molecule has 0 amide bonds. The number of carbonyl (C=O) groups is 1. The monoisotopic (exact) mass is 210 g/mol. The van der Waals surface area contributed by atoms with Crippen molar-refractivity contribution in [3.05, 3.63) is 28.6 Å². The molecule has 0 radical (unpaired) electrons. The van der Waals surface area contributed by atoms with Gasteiger partial charge in [0.25, 0.3) is 0 Å². The fourth-order valence-electron chi connectivity index (χ4n) is 1.72. The van der Waals surface area contributed by atoms with Crippen molar-refractivity contribution >= 4 is 5.78 Å². The van der Waals surface area contributed by atoms with Gasteiger partial charge in [-0.2, -0.15) is 0 Å². The summed E-state index contributed by atoms with van der Waals surface area (Å²) in [6.07, 6.45) is 0.652. The molecule has 0 aromatic heterocycles. The zero-order chi connectivity index (χ0) is 11.6. The second kappa shape index (κ2) is 4.43. The van der Waals surface area contributed by atoms with Gasteiger partial charge in [-0.1, -0.05) is 6.92 Å². The number of hydrogen-bond acceptors (Lipinski definition) is 2. The lowest BCUT2D eigenvalue weighted by molar-refractivity contribution is 0.101. The van der Waals surface area contributed by atoms with E-state index in [0.29, 0.717) is 23.3 Å². The van der Waals surface area contributed by atoms with Crippen LogP contribution < -0.4 is 4.74 Å². The summed E-state index contributed by atoms with van der Waals surface area (Å²) < 4.78 is 18.6. The van der Waals surface area contributed by atoms with Gasteiger partial charge in [-0.25, -0.2) is 4.39 Å². The second-order valence-corrected chi connectivity index (χ2v) is 3.45. The minimum atomic E-state index is -0.394. The van der Waals surface area contributed by atoms with Crippen LogP contribution in [0.25, 0.3) is 0 Å². The zero-order valence-electron chi connectivity index (χ0n) is 9.48. The fraction of sp³-hybridized carbons (Fsp3) is 0.417. The zero-order valence-corrected chi connectivity index (χ0v) is 9.48. The molecule has 0 N–H and O–H groups in total. The summed E-state index contributed by atoms with van der Waals surface area (Å²) in [6.45, 7) is 5.00. The second-order valence-electron chi connectivity index (χ2n) is 3.45. The van der Waals surface area contributed by atoms with E-state index in [2.05, 4.69) is 0 Å². The third kappa shape index (κ3) is 2.01. The number of benzene rings is 1. The van der Waals surface area contributed by atoms with Crippen molar-refractivity contribution in [3.63, 3.8) is 0 Å². The van der Waals surface area contributed by atoms with Gasteiger partial charge in [0.05, 0.1) is 7.11 Å². The highest BCUT2D eigenvalue weighted by Gasteiger charge is 2.17. The summed E-state index contributed by atoms with van der Waals surface area (Å²) in [4.78, 5) is 11.3. The Kier molecular flexibility index (Phi) is 3.45. The highest BCUT2D eigenvalue weighted by Crippen LogP contribution is 2.29. The summed E-state index contributed by atoms with van der Waals surface area (Å²) in [7, 11) is 1.49. The van der Waals surface area contributed by atoms with Crippen molar-refractivity contribution in [2.75, 3.05) is 7.11 Å². The smallest absolute Gasteiger partial charge is 0.160 e. The molecule has 1 aromatic rings. The first-order valence-electron chi connectivity index (χ1n) is 4.89. The molecule has 0 saturated heterocycles. The van der Waals surface area contributed by atoms with E-state index in [1.165, 1.54) is 20.1 Å². The van der Waals surface area contributed by atoms with Gasteiger partial charge >= 0.3 is 0 Å². The van der Waals surface area contributed by atoms with Crippen LogP contribution in [0, 0.1) is 12.7 Å². The van der Waals surface area contributed by atoms with Crippen molar-refractivity contribution in [3.8, 4) is 5.75 Å². The van der Waals surface area contributed by atoms with Crippen LogP contribution in [0.2, 0.25) is 0 Å². The number of methoxy groups -OCH3 is 1. The largest absolute Gasteiger partial charge is 0.496 e. The molecular weight excluding hydrogens is 195 g/mol. The van der Waals surface area contributed by atoms with Crippen LogP contribution in [0.3, 0.4) is 0 Å². The van der Waals surface area contributed by atoms with Gasteiger partial charge in [0.15, 0.2) is 5.78 Å². The Hall–Kier alpha value is -1.38. The molecule has 0 saturated carbocycles. The lowest BCUT2D eigenvalue weighted by Crippen LogP contribution is -2.05. The number of ketones is 1. The molecule has 1 rings (SSSR count). The highest BCUT2D eigenvalue weighted by atomic mass is 19.1. The molecule has 0 heterocycles. The average molecular weight is 210 g/mol. The number of ether oxygens (including phenoxy) is 1. The summed E-state index contributed by atoms with van der Waals surface area (Å²) in [6, 6.07) is 1.29. The van der Waals surface area contributed by atoms with Crippen LogP contribution in [-0.2, 0) is 6.42 Å². The topological polar surface area (TPSA) is 26.3 Å². The van der Waals surface area contributed by atoms with Crippen molar-refractivity contribution < 1.29 is 13.9 Å². The normalized spacial score (nSPS) is 10.2. The van der Waals surface area contributed by atoms with Crippen LogP contribution >= 0.6 is 0 Å². The Morgan fingerprint density at radius 1 is 1.53 bits per heavy atom. The van der Waals surface area contributed by atoms with Gasteiger partial charge in [0.1, 0.15) is 11.6 Å². The van der Waals surface area contributed by atoms with Crippen molar-refractivity contribution in [1.82, 2.24) is 0 Å². The lowest BCUT2D eigenvalue weighted by Gasteiger charge is -2.14. The first-order chi connectivity index (χ1) is 7.02. The van der Waals surface area contributed by atoms with Gasteiger partial charge in [-0.15, -0.1) is 0 Å². The molecular formula is C12H15FO2. The van der Waals surface area contributed by atoms with E-state index in [1.807, 2.05) is 6.92 Å². The van der Waals surface area contributed by atoms with Crippen molar-refractivity contribution in [2.45, 2.75) is 27.2 Å². The molecule has 0 bridgehead atoms. The molecule has 0 unspecified atom stereocenters. The van der Waals surface area contributed by atoms with Gasteiger partial charge in [-0.05, 0) is 26.3 Å². The van der Waals surface area contributed by atoms with Crippen molar-refractivity contribution in [2.24, 2.45) is 0 Å². The Labute approximate surface area is 89.1 Å². The van der Waals surface area contributed by atoms with E-state index < -0.39 is 5.82 Å². The molecule has 0 aliphatic carbocycles. The summed E-state index contributed by atoms with van der Waals surface area (Å²) in [5, 5.41) is 0. The maximum absolute atomic E-state index is 13.5. The van der Waals surface area contributed by atoms with E-state index >= 15 is 0 Å². The molecule has 15 heavy (non-hydrogen) atoms. The minimum Gasteiger partial charge on any atom is -0.496 e. The molecule has 0 spiro atoms. The van der Waals surface area contributed by atoms with E-state index in [1.54, 1.807) is 6.92 Å². The van der Waals surface area contributed by atoms with Gasteiger partial charge in [-0.3, -0.25) is 4.79 Å². The predicted octanol–water partition coefficient (Wildman–Crippen LogP) is 2.91. The van der Waals surface area contributed by atoms with E-state index in [-0.39, 0.29) is 5.78 Å². The summed E-state index contributed by atoms with van der Waals surface area (Å²) in [5.74, 6) is -0.0407. The van der Waals surface area contributed by atoms with Crippen LogP contribution in [-0.4, -0.2) is 12.9 Å².